The number of aromatic nitrogens is 3. The van der Waals surface area contributed by atoms with Crippen molar-refractivity contribution in [1.82, 2.24) is 24.8 Å². The molecule has 0 radical (unpaired) electrons. The van der Waals surface area contributed by atoms with Gasteiger partial charge in [-0.15, -0.1) is 0 Å². The normalized spacial score (nSPS) is 13.9. The first kappa shape index (κ1) is 21.8. The Hall–Kier alpha value is -3.39. The smallest absolute Gasteiger partial charge is 0.411 e. The minimum Gasteiger partial charge on any atom is -0.433 e. The van der Waals surface area contributed by atoms with Crippen LogP contribution in [0.25, 0.3) is 16.6 Å². The van der Waals surface area contributed by atoms with Crippen molar-refractivity contribution in [1.29, 1.82) is 0 Å². The highest BCUT2D eigenvalue weighted by Crippen LogP contribution is 2.32. The lowest BCUT2D eigenvalue weighted by molar-refractivity contribution is 0.101. The largest absolute Gasteiger partial charge is 0.433 e. The molecular formula is C24H30N6O2. The summed E-state index contributed by atoms with van der Waals surface area (Å²) in [5.41, 5.74) is 6.82. The molecule has 4 rings (SSSR count). The molecule has 0 bridgehead atoms. The summed E-state index contributed by atoms with van der Waals surface area (Å²) >= 11 is 0. The van der Waals surface area contributed by atoms with Crippen molar-refractivity contribution >= 4 is 34.2 Å². The van der Waals surface area contributed by atoms with Crippen molar-refractivity contribution in [3.05, 3.63) is 54.0 Å². The van der Waals surface area contributed by atoms with E-state index in [1.54, 1.807) is 11.9 Å². The van der Waals surface area contributed by atoms with E-state index in [4.69, 9.17) is 4.74 Å². The molecule has 2 aromatic heterocycles. The number of rotatable bonds is 6. The zero-order valence-electron chi connectivity index (χ0n) is 19.1. The lowest BCUT2D eigenvalue weighted by Crippen LogP contribution is -2.36. The summed E-state index contributed by atoms with van der Waals surface area (Å²) in [6.07, 6.45) is 7.20. The highest BCUT2D eigenvalue weighted by Gasteiger charge is 2.20. The Morgan fingerprint density at radius 2 is 2.12 bits per heavy atom. The summed E-state index contributed by atoms with van der Waals surface area (Å²) in [4.78, 5) is 24.9. The first-order valence-electron chi connectivity index (χ1n) is 10.9. The number of carbonyl (C=O) groups is 1. The molecule has 0 saturated carbocycles. The first-order valence-corrected chi connectivity index (χ1v) is 10.9. The molecule has 0 saturated heterocycles. The quantitative estimate of drug-likeness (QED) is 0.596. The van der Waals surface area contributed by atoms with E-state index in [-0.39, 0.29) is 12.8 Å². The molecule has 1 aliphatic rings. The van der Waals surface area contributed by atoms with E-state index in [0.717, 1.165) is 35.4 Å². The monoisotopic (exact) mass is 434 g/mol. The van der Waals surface area contributed by atoms with Crippen LogP contribution in [0.4, 0.5) is 16.3 Å². The number of fused-ring (bicyclic) bond motifs is 1. The molecule has 8 heteroatoms. The summed E-state index contributed by atoms with van der Waals surface area (Å²) in [6, 6.07) is 8.66. The van der Waals surface area contributed by atoms with E-state index >= 15 is 0 Å². The van der Waals surface area contributed by atoms with Gasteiger partial charge in [0.1, 0.15) is 18.1 Å². The second-order valence-corrected chi connectivity index (χ2v) is 7.98. The van der Waals surface area contributed by atoms with Crippen LogP contribution in [-0.4, -0.2) is 59.4 Å². The fourth-order valence-corrected chi connectivity index (χ4v) is 4.04. The van der Waals surface area contributed by atoms with Crippen LogP contribution in [0, 0.1) is 0 Å². The Balaban J connectivity index is 1.54. The van der Waals surface area contributed by atoms with E-state index in [0.29, 0.717) is 13.1 Å². The molecule has 0 aliphatic carbocycles. The number of anilines is 2. The van der Waals surface area contributed by atoms with E-state index in [2.05, 4.69) is 57.4 Å². The average Bonchev–Trinajstić information content (AvgIpc) is 3.21. The van der Waals surface area contributed by atoms with Crippen LogP contribution in [0.5, 0.6) is 0 Å². The molecule has 1 aromatic carbocycles. The molecule has 8 nitrogen and oxygen atoms in total. The average molecular weight is 435 g/mol. The second kappa shape index (κ2) is 9.40. The zero-order valence-corrected chi connectivity index (χ0v) is 19.1. The first-order chi connectivity index (χ1) is 15.5. The van der Waals surface area contributed by atoms with Crippen LogP contribution in [0.15, 0.2) is 42.9 Å². The SMILES string of the molecule is CCc1cc(C2=CCN(C(=O)OCNC)CC2)ccc1N(C)c1cc2c(cn1)ncn2C. The van der Waals surface area contributed by atoms with Crippen molar-refractivity contribution < 1.29 is 9.53 Å². The fraction of sp³-hybridized carbons (Fsp3) is 0.375. The Kier molecular flexibility index (Phi) is 6.41. The maximum absolute atomic E-state index is 12.1. The lowest BCUT2D eigenvalue weighted by atomic mass is 9.96. The number of ether oxygens (including phenoxy) is 1. The molecule has 0 fully saturated rings. The summed E-state index contributed by atoms with van der Waals surface area (Å²) in [5, 5.41) is 2.82. The number of benzene rings is 1. The number of aryl methyl sites for hydroxylation is 2. The van der Waals surface area contributed by atoms with E-state index in [1.165, 1.54) is 16.7 Å². The maximum atomic E-state index is 12.1. The third kappa shape index (κ3) is 4.31. The lowest BCUT2D eigenvalue weighted by Gasteiger charge is -2.27. The van der Waals surface area contributed by atoms with Crippen LogP contribution in [0.3, 0.4) is 0 Å². The number of hydrogen-bond acceptors (Lipinski definition) is 6. The van der Waals surface area contributed by atoms with Crippen LogP contribution in [0.2, 0.25) is 0 Å². The van der Waals surface area contributed by atoms with E-state index < -0.39 is 0 Å². The topological polar surface area (TPSA) is 75.5 Å². The summed E-state index contributed by atoms with van der Waals surface area (Å²) in [7, 11) is 5.79. The number of nitrogens with one attached hydrogen (secondary N) is 1. The summed E-state index contributed by atoms with van der Waals surface area (Å²) < 4.78 is 7.16. The van der Waals surface area contributed by atoms with Crippen molar-refractivity contribution in [2.75, 3.05) is 38.8 Å². The van der Waals surface area contributed by atoms with Gasteiger partial charge in [0.05, 0.1) is 18.0 Å². The molecule has 32 heavy (non-hydrogen) atoms. The van der Waals surface area contributed by atoms with Gasteiger partial charge in [-0.25, -0.2) is 14.8 Å². The van der Waals surface area contributed by atoms with Crippen LogP contribution in [0.1, 0.15) is 24.5 Å². The molecule has 3 aromatic rings. The molecule has 1 amide bonds. The van der Waals surface area contributed by atoms with Gasteiger partial charge in [0.15, 0.2) is 0 Å². The van der Waals surface area contributed by atoms with Crippen molar-refractivity contribution in [3.63, 3.8) is 0 Å². The standard InChI is InChI=1S/C24H30N6O2/c1-5-17-12-19(18-8-10-30(11-9-18)24(31)32-16-25-2)6-7-21(17)29(4)23-13-22-20(14-26-23)27-15-28(22)3/h6-8,12-15,25H,5,9-11,16H2,1-4H3. The molecule has 3 heterocycles. The minimum absolute atomic E-state index is 0.225. The van der Waals surface area contributed by atoms with Crippen molar-refractivity contribution in [2.24, 2.45) is 7.05 Å². The van der Waals surface area contributed by atoms with Crippen LogP contribution < -0.4 is 10.2 Å². The minimum atomic E-state index is -0.279. The molecule has 0 spiro atoms. The van der Waals surface area contributed by atoms with E-state index in [1.807, 2.05) is 31.2 Å². The van der Waals surface area contributed by atoms with E-state index in [9.17, 15) is 4.79 Å². The van der Waals surface area contributed by atoms with Crippen LogP contribution >= 0.6 is 0 Å². The molecule has 0 atom stereocenters. The molecule has 168 valence electrons. The van der Waals surface area contributed by atoms with Crippen molar-refractivity contribution in [2.45, 2.75) is 19.8 Å². The van der Waals surface area contributed by atoms with Crippen molar-refractivity contribution in [3.8, 4) is 0 Å². The number of hydrogen-bond donors (Lipinski definition) is 1. The Morgan fingerprint density at radius 1 is 1.28 bits per heavy atom. The Morgan fingerprint density at radius 3 is 2.84 bits per heavy atom. The van der Waals surface area contributed by atoms with Gasteiger partial charge < -0.3 is 19.1 Å². The van der Waals surface area contributed by atoms with Gasteiger partial charge in [0.25, 0.3) is 0 Å². The molecule has 1 N–H and O–H groups in total. The third-order valence-electron chi connectivity index (χ3n) is 5.94. The fourth-order valence-electron chi connectivity index (χ4n) is 4.04. The van der Waals surface area contributed by atoms with Gasteiger partial charge in [-0.2, -0.15) is 0 Å². The highest BCUT2D eigenvalue weighted by molar-refractivity contribution is 5.80. The number of imidazole rings is 1. The number of carbonyl (C=O) groups excluding carboxylic acids is 1. The Labute approximate surface area is 188 Å². The predicted molar refractivity (Wildman–Crippen MR) is 127 cm³/mol. The van der Waals surface area contributed by atoms with Gasteiger partial charge in [0.2, 0.25) is 0 Å². The second-order valence-electron chi connectivity index (χ2n) is 7.98. The van der Waals surface area contributed by atoms with Gasteiger partial charge in [-0.1, -0.05) is 19.1 Å². The highest BCUT2D eigenvalue weighted by atomic mass is 16.6. The Bertz CT molecular complexity index is 1150. The van der Waals surface area contributed by atoms with Crippen LogP contribution in [-0.2, 0) is 18.2 Å². The summed E-state index contributed by atoms with van der Waals surface area (Å²) in [6.45, 7) is 3.62. The van der Waals surface area contributed by atoms with Gasteiger partial charge >= 0.3 is 6.09 Å². The molecule has 0 unspecified atom stereocenters. The predicted octanol–water partition coefficient (Wildman–Crippen LogP) is 3.70. The maximum Gasteiger partial charge on any atom is 0.411 e. The summed E-state index contributed by atoms with van der Waals surface area (Å²) in [5.74, 6) is 0.885. The molecule has 1 aliphatic heterocycles. The van der Waals surface area contributed by atoms with Gasteiger partial charge in [-0.05, 0) is 48.7 Å². The molecular weight excluding hydrogens is 404 g/mol. The van der Waals surface area contributed by atoms with Gasteiger partial charge in [-0.3, -0.25) is 5.32 Å². The number of amides is 1. The number of nitrogens with zero attached hydrogens (tertiary/aromatic N) is 5. The zero-order chi connectivity index (χ0) is 22.7. The third-order valence-corrected chi connectivity index (χ3v) is 5.94. The number of pyridine rings is 1. The van der Waals surface area contributed by atoms with Gasteiger partial charge in [0, 0.05) is 38.9 Å².